The summed E-state index contributed by atoms with van der Waals surface area (Å²) < 4.78 is 55.3. The Morgan fingerprint density at radius 1 is 0.973 bits per heavy atom. The number of halogens is 3. The van der Waals surface area contributed by atoms with Crippen LogP contribution in [0.1, 0.15) is 85.5 Å². The summed E-state index contributed by atoms with van der Waals surface area (Å²) >= 11 is 0. The van der Waals surface area contributed by atoms with E-state index in [9.17, 15) is 21.6 Å². The fourth-order valence-electron chi connectivity index (χ4n) is 9.25. The number of benzene rings is 1. The lowest BCUT2D eigenvalue weighted by Gasteiger charge is -2.58. The lowest BCUT2D eigenvalue weighted by atomic mass is 9.46. The van der Waals surface area contributed by atoms with Gasteiger partial charge in [0.1, 0.15) is 0 Å². The first-order valence-electron chi connectivity index (χ1n) is 14.3. The molecule has 37 heavy (non-hydrogen) atoms. The van der Waals surface area contributed by atoms with Crippen molar-refractivity contribution in [2.24, 2.45) is 46.3 Å². The van der Waals surface area contributed by atoms with Gasteiger partial charge in [-0.1, -0.05) is 64.0 Å². The van der Waals surface area contributed by atoms with Crippen LogP contribution < -0.4 is 0 Å². The van der Waals surface area contributed by atoms with E-state index in [1.54, 1.807) is 17.7 Å². The van der Waals surface area contributed by atoms with Crippen LogP contribution in [0.5, 0.6) is 0 Å². The van der Waals surface area contributed by atoms with Crippen molar-refractivity contribution in [1.29, 1.82) is 0 Å². The van der Waals surface area contributed by atoms with Crippen molar-refractivity contribution in [3.05, 3.63) is 42.0 Å². The molecular formula is C31H45F3O2S. The summed E-state index contributed by atoms with van der Waals surface area (Å²) in [6.45, 7) is 6.05. The molecular weight excluding hydrogens is 493 g/mol. The maximum Gasteiger partial charge on any atom is 0.379 e. The molecule has 0 aliphatic heterocycles. The zero-order chi connectivity index (χ0) is 27.0. The second-order valence-corrected chi connectivity index (χ2v) is 14.9. The zero-order valence-electron chi connectivity index (χ0n) is 22.9. The van der Waals surface area contributed by atoms with Crippen molar-refractivity contribution in [1.82, 2.24) is 0 Å². The van der Waals surface area contributed by atoms with Gasteiger partial charge in [-0.2, -0.15) is 13.2 Å². The van der Waals surface area contributed by atoms with Gasteiger partial charge >= 0.3 is 6.68 Å². The van der Waals surface area contributed by atoms with Crippen molar-refractivity contribution in [3.63, 3.8) is 0 Å². The summed E-state index contributed by atoms with van der Waals surface area (Å²) in [5.74, 6) is 4.34. The number of rotatable bonds is 5. The molecule has 6 unspecified atom stereocenters. The fraction of sp³-hybridized carbons (Fsp3) is 0.742. The average molecular weight is 539 g/mol. The van der Waals surface area contributed by atoms with Gasteiger partial charge in [-0.15, -0.1) is 0 Å². The number of allylic oxidation sites excluding steroid dienone is 2. The summed E-state index contributed by atoms with van der Waals surface area (Å²) in [7, 11) is -3.23. The maximum absolute atomic E-state index is 13.1. The molecule has 3 saturated carbocycles. The third-order valence-corrected chi connectivity index (χ3v) is 13.1. The minimum atomic E-state index is -3.67. The second kappa shape index (κ2) is 11.1. The smallest absolute Gasteiger partial charge is 0.224 e. The van der Waals surface area contributed by atoms with Crippen LogP contribution in [0.2, 0.25) is 0 Å². The molecule has 0 saturated heterocycles. The van der Waals surface area contributed by atoms with Crippen molar-refractivity contribution in [3.8, 4) is 0 Å². The molecule has 0 spiro atoms. The highest BCUT2D eigenvalue weighted by molar-refractivity contribution is 7.91. The van der Waals surface area contributed by atoms with E-state index in [-0.39, 0.29) is 11.7 Å². The quantitative estimate of drug-likeness (QED) is 0.351. The van der Waals surface area contributed by atoms with Crippen LogP contribution in [-0.4, -0.2) is 20.8 Å². The molecule has 3 fully saturated rings. The first-order valence-corrected chi connectivity index (χ1v) is 16.0. The van der Waals surface area contributed by atoms with Gasteiger partial charge in [0.15, 0.2) is 9.84 Å². The Labute approximate surface area is 222 Å². The van der Waals surface area contributed by atoms with Gasteiger partial charge in [-0.25, -0.2) is 8.42 Å². The number of alkyl halides is 3. The standard InChI is InChI=1S/C30H44O2S.CHF3/c1-5-22-15-17-29(3)23(19-22)11-12-25-27-14-13-26(30(27,4)18-16-28(25)29)21(2)20-33(31,32)24-9-7-6-8-10-24;2-1(3)4/h6-11,21-22,25-28H,5,12-20H2,1-4H3;1H/t21-,22+,25?,26?,27?,28?,29?,30?;/m1./s1. The number of hydrogen-bond acceptors (Lipinski definition) is 2. The van der Waals surface area contributed by atoms with Gasteiger partial charge in [0, 0.05) is 0 Å². The van der Waals surface area contributed by atoms with Crippen LogP contribution in [0.15, 0.2) is 46.9 Å². The highest BCUT2D eigenvalue weighted by Crippen LogP contribution is 2.67. The van der Waals surface area contributed by atoms with Crippen molar-refractivity contribution in [2.45, 2.75) is 97.1 Å². The minimum Gasteiger partial charge on any atom is -0.224 e. The van der Waals surface area contributed by atoms with E-state index >= 15 is 0 Å². The van der Waals surface area contributed by atoms with Crippen LogP contribution in [0.3, 0.4) is 0 Å². The highest BCUT2D eigenvalue weighted by atomic mass is 32.2. The summed E-state index contributed by atoms with van der Waals surface area (Å²) in [6.07, 6.45) is 14.6. The highest BCUT2D eigenvalue weighted by Gasteiger charge is 2.59. The Kier molecular flexibility index (Phi) is 8.58. The van der Waals surface area contributed by atoms with Crippen molar-refractivity contribution >= 4 is 9.84 Å². The molecule has 4 aliphatic carbocycles. The number of fused-ring (bicyclic) bond motifs is 5. The third-order valence-electron chi connectivity index (χ3n) is 11.1. The molecule has 0 aromatic heterocycles. The predicted molar refractivity (Wildman–Crippen MR) is 144 cm³/mol. The summed E-state index contributed by atoms with van der Waals surface area (Å²) in [5.41, 5.74) is 2.52. The minimum absolute atomic E-state index is 0.215. The van der Waals surface area contributed by atoms with E-state index in [1.165, 1.54) is 57.8 Å². The molecule has 1 aromatic carbocycles. The predicted octanol–water partition coefficient (Wildman–Crippen LogP) is 8.88. The van der Waals surface area contributed by atoms with E-state index in [1.807, 2.05) is 18.2 Å². The first kappa shape index (κ1) is 28.7. The SMILES string of the molecule is CC[C@H]1CCC2(C)C(=CCC3C2CCC2(C)C3CCC2[C@H](C)CS(=O)(=O)c2ccccc2)C1.FC(F)F. The topological polar surface area (TPSA) is 34.1 Å². The Balaban J connectivity index is 0.000000747. The molecule has 6 heteroatoms. The van der Waals surface area contributed by atoms with Gasteiger partial charge in [-0.05, 0) is 110 Å². The molecule has 0 N–H and O–H groups in total. The van der Waals surface area contributed by atoms with E-state index in [4.69, 9.17) is 0 Å². The Morgan fingerprint density at radius 2 is 1.65 bits per heavy atom. The fourth-order valence-corrected chi connectivity index (χ4v) is 10.9. The van der Waals surface area contributed by atoms with Crippen molar-refractivity contribution < 1.29 is 21.6 Å². The lowest BCUT2D eigenvalue weighted by Crippen LogP contribution is -2.50. The largest absolute Gasteiger partial charge is 0.379 e. The normalized spacial score (nSPS) is 37.9. The van der Waals surface area contributed by atoms with Gasteiger partial charge in [0.05, 0.1) is 10.6 Å². The molecule has 0 radical (unpaired) electrons. The molecule has 8 atom stereocenters. The first-order chi connectivity index (χ1) is 17.4. The summed E-state index contributed by atoms with van der Waals surface area (Å²) in [5, 5.41) is 0. The molecule has 0 amide bonds. The van der Waals surface area contributed by atoms with Crippen LogP contribution in [0, 0.1) is 46.3 Å². The van der Waals surface area contributed by atoms with Gasteiger partial charge in [0.25, 0.3) is 0 Å². The van der Waals surface area contributed by atoms with Crippen LogP contribution >= 0.6 is 0 Å². The molecule has 5 rings (SSSR count). The molecule has 0 heterocycles. The van der Waals surface area contributed by atoms with Gasteiger partial charge in [-0.3, -0.25) is 0 Å². The Hall–Kier alpha value is -1.30. The second-order valence-electron chi connectivity index (χ2n) is 12.8. The van der Waals surface area contributed by atoms with Gasteiger partial charge < -0.3 is 0 Å². The number of sulfone groups is 1. The van der Waals surface area contributed by atoms with E-state index in [0.29, 0.717) is 21.6 Å². The Bertz CT molecular complexity index is 1050. The van der Waals surface area contributed by atoms with Crippen LogP contribution in [0.25, 0.3) is 0 Å². The van der Waals surface area contributed by atoms with E-state index < -0.39 is 16.5 Å². The molecule has 4 aliphatic rings. The van der Waals surface area contributed by atoms with Gasteiger partial charge in [0.2, 0.25) is 0 Å². The maximum atomic E-state index is 13.1. The average Bonchev–Trinajstić information content (AvgIpc) is 3.21. The molecule has 208 valence electrons. The number of hydrogen-bond donors (Lipinski definition) is 0. The molecule has 1 aromatic rings. The zero-order valence-corrected chi connectivity index (χ0v) is 23.8. The van der Waals surface area contributed by atoms with Crippen LogP contribution in [-0.2, 0) is 9.84 Å². The van der Waals surface area contributed by atoms with Crippen molar-refractivity contribution in [2.75, 3.05) is 5.75 Å². The Morgan fingerprint density at radius 3 is 2.30 bits per heavy atom. The van der Waals surface area contributed by atoms with E-state index in [0.717, 1.165) is 23.7 Å². The van der Waals surface area contributed by atoms with E-state index in [2.05, 4.69) is 33.8 Å². The monoisotopic (exact) mass is 538 g/mol. The third kappa shape index (κ3) is 5.56. The molecule has 2 nitrogen and oxygen atoms in total. The van der Waals surface area contributed by atoms with Crippen LogP contribution in [0.4, 0.5) is 13.2 Å². The summed E-state index contributed by atoms with van der Waals surface area (Å²) in [6, 6.07) is 9.08. The summed E-state index contributed by atoms with van der Waals surface area (Å²) in [4.78, 5) is 0.487. The molecule has 0 bridgehead atoms. The lowest BCUT2D eigenvalue weighted by molar-refractivity contribution is -0.0506.